The highest BCUT2D eigenvalue weighted by molar-refractivity contribution is 7.07. The molecule has 1 spiro atoms. The Morgan fingerprint density at radius 2 is 2.12 bits per heavy atom. The molecule has 1 aliphatic heterocycles. The number of nitrogens with one attached hydrogen (secondary N) is 2. The third-order valence-corrected chi connectivity index (χ3v) is 7.72. The molecule has 0 aromatic carbocycles. The number of aromatic amines is 1. The topological polar surface area (TPSA) is 116 Å². The molecule has 3 aliphatic rings. The molecule has 2 aliphatic carbocycles. The van der Waals surface area contributed by atoms with Crippen LogP contribution in [0.4, 0.5) is 17.6 Å². The lowest BCUT2D eigenvalue weighted by molar-refractivity contribution is -0.0540. The summed E-state index contributed by atoms with van der Waals surface area (Å²) in [4.78, 5) is 26.5. The second kappa shape index (κ2) is 7.22. The van der Waals surface area contributed by atoms with Gasteiger partial charge in [-0.2, -0.15) is 10.1 Å². The number of anilines is 3. The summed E-state index contributed by atoms with van der Waals surface area (Å²) in [5, 5.41) is 14.7. The van der Waals surface area contributed by atoms with Crippen molar-refractivity contribution in [2.75, 3.05) is 30.4 Å². The standard InChI is InChI=1S/C21H25N9OS/c1-12-18(32-28-25-12)19(31)30-10-21(11-30)8-14(9-21)29(2)20-22-6-5-16(24-20)23-17-7-15(26-27-17)13-3-4-13/h5-7,13-14H,3-4,8-11H2,1-2H3,(H2,22,23,24,26,27). The van der Waals surface area contributed by atoms with E-state index in [1.165, 1.54) is 30.1 Å². The Kier molecular flexibility index (Phi) is 4.42. The molecule has 4 heterocycles. The molecule has 32 heavy (non-hydrogen) atoms. The monoisotopic (exact) mass is 451 g/mol. The summed E-state index contributed by atoms with van der Waals surface area (Å²) < 4.78 is 3.88. The van der Waals surface area contributed by atoms with E-state index >= 15 is 0 Å². The minimum Gasteiger partial charge on any atom is -0.341 e. The number of hydrogen-bond acceptors (Lipinski definition) is 9. The van der Waals surface area contributed by atoms with Gasteiger partial charge in [-0.15, -0.1) is 5.10 Å². The molecule has 0 radical (unpaired) electrons. The summed E-state index contributed by atoms with van der Waals surface area (Å²) in [5.41, 5.74) is 2.13. The van der Waals surface area contributed by atoms with Crippen LogP contribution in [-0.4, -0.2) is 66.7 Å². The van der Waals surface area contributed by atoms with Gasteiger partial charge in [-0.3, -0.25) is 9.89 Å². The molecular weight excluding hydrogens is 426 g/mol. The van der Waals surface area contributed by atoms with Crippen LogP contribution in [-0.2, 0) is 0 Å². The van der Waals surface area contributed by atoms with Crippen LogP contribution in [0.3, 0.4) is 0 Å². The van der Waals surface area contributed by atoms with Gasteiger partial charge in [0.25, 0.3) is 5.91 Å². The number of nitrogens with zero attached hydrogens (tertiary/aromatic N) is 7. The third-order valence-electron chi connectivity index (χ3n) is 6.90. The summed E-state index contributed by atoms with van der Waals surface area (Å²) in [7, 11) is 2.05. The molecule has 11 heteroatoms. The van der Waals surface area contributed by atoms with Gasteiger partial charge in [0.15, 0.2) is 5.82 Å². The minimum absolute atomic E-state index is 0.0604. The maximum Gasteiger partial charge on any atom is 0.267 e. The number of aromatic nitrogens is 6. The average molecular weight is 452 g/mol. The fourth-order valence-corrected chi connectivity index (χ4v) is 5.46. The predicted molar refractivity (Wildman–Crippen MR) is 120 cm³/mol. The van der Waals surface area contributed by atoms with E-state index < -0.39 is 0 Å². The van der Waals surface area contributed by atoms with Crippen LogP contribution in [0.5, 0.6) is 0 Å². The second-order valence-electron chi connectivity index (χ2n) is 9.37. The molecule has 3 fully saturated rings. The number of aryl methyl sites for hydroxylation is 1. The van der Waals surface area contributed by atoms with E-state index in [0.717, 1.165) is 43.3 Å². The fraction of sp³-hybridized carbons (Fsp3) is 0.524. The van der Waals surface area contributed by atoms with E-state index in [0.29, 0.717) is 22.8 Å². The van der Waals surface area contributed by atoms with Crippen LogP contribution in [0.2, 0.25) is 0 Å². The summed E-state index contributed by atoms with van der Waals surface area (Å²) in [5.74, 6) is 2.92. The zero-order valence-corrected chi connectivity index (χ0v) is 18.9. The number of H-pyrrole nitrogens is 1. The normalized spacial score (nSPS) is 19.5. The van der Waals surface area contributed by atoms with Gasteiger partial charge in [-0.05, 0) is 50.2 Å². The molecule has 0 bridgehead atoms. The van der Waals surface area contributed by atoms with Gasteiger partial charge in [0.2, 0.25) is 5.95 Å². The average Bonchev–Trinajstić information content (AvgIpc) is 3.33. The number of amides is 1. The number of hydrogen-bond donors (Lipinski definition) is 2. The maximum absolute atomic E-state index is 12.6. The summed E-state index contributed by atoms with van der Waals surface area (Å²) in [6.07, 6.45) is 6.33. The van der Waals surface area contributed by atoms with Gasteiger partial charge >= 0.3 is 0 Å². The Labute approximate surface area is 189 Å². The molecule has 166 valence electrons. The smallest absolute Gasteiger partial charge is 0.267 e. The lowest BCUT2D eigenvalue weighted by atomic mass is 9.60. The molecule has 0 atom stereocenters. The van der Waals surface area contributed by atoms with E-state index in [-0.39, 0.29) is 11.3 Å². The lowest BCUT2D eigenvalue weighted by Crippen LogP contribution is -2.67. The Morgan fingerprint density at radius 1 is 1.31 bits per heavy atom. The number of carbonyl (C=O) groups is 1. The Balaban J connectivity index is 1.05. The van der Waals surface area contributed by atoms with E-state index in [1.54, 1.807) is 6.20 Å². The van der Waals surface area contributed by atoms with Crippen LogP contribution in [0.25, 0.3) is 0 Å². The van der Waals surface area contributed by atoms with E-state index in [4.69, 9.17) is 4.98 Å². The SMILES string of the molecule is Cc1nnsc1C(=O)N1CC2(CC(N(C)c3nccc(Nc4cc(C5CC5)[nH]n4)n3)C2)C1. The van der Waals surface area contributed by atoms with Gasteiger partial charge in [-0.1, -0.05) is 4.49 Å². The van der Waals surface area contributed by atoms with Crippen LogP contribution < -0.4 is 10.2 Å². The first kappa shape index (κ1) is 19.6. The van der Waals surface area contributed by atoms with E-state index in [1.807, 2.05) is 24.9 Å². The van der Waals surface area contributed by atoms with E-state index in [9.17, 15) is 4.79 Å². The van der Waals surface area contributed by atoms with Crippen molar-refractivity contribution in [3.63, 3.8) is 0 Å². The molecule has 3 aromatic heterocycles. The highest BCUT2D eigenvalue weighted by Crippen LogP contribution is 2.50. The Bertz CT molecular complexity index is 1160. The highest BCUT2D eigenvalue weighted by atomic mass is 32.1. The molecule has 3 aromatic rings. The maximum atomic E-state index is 12.6. The fourth-order valence-electron chi connectivity index (χ4n) is 4.84. The van der Waals surface area contributed by atoms with Gasteiger partial charge in [0, 0.05) is 55.5 Å². The van der Waals surface area contributed by atoms with Crippen LogP contribution >= 0.6 is 11.5 Å². The lowest BCUT2D eigenvalue weighted by Gasteiger charge is -2.60. The number of likely N-dealkylation sites (tertiary alicyclic amines) is 1. The van der Waals surface area contributed by atoms with Crippen molar-refractivity contribution in [1.29, 1.82) is 0 Å². The zero-order chi connectivity index (χ0) is 21.9. The molecule has 1 amide bonds. The van der Waals surface area contributed by atoms with Crippen molar-refractivity contribution in [2.45, 2.75) is 44.6 Å². The van der Waals surface area contributed by atoms with Gasteiger partial charge in [0.05, 0.1) is 5.69 Å². The van der Waals surface area contributed by atoms with Crippen molar-refractivity contribution in [1.82, 2.24) is 34.7 Å². The van der Waals surface area contributed by atoms with Crippen molar-refractivity contribution in [3.8, 4) is 0 Å². The second-order valence-corrected chi connectivity index (χ2v) is 10.1. The first-order chi connectivity index (χ1) is 15.5. The highest BCUT2D eigenvalue weighted by Gasteiger charge is 2.55. The zero-order valence-electron chi connectivity index (χ0n) is 18.1. The van der Waals surface area contributed by atoms with Crippen LogP contribution in [0.1, 0.15) is 52.7 Å². The van der Waals surface area contributed by atoms with Crippen molar-refractivity contribution in [2.24, 2.45) is 5.41 Å². The largest absolute Gasteiger partial charge is 0.341 e. The van der Waals surface area contributed by atoms with Gasteiger partial charge in [0.1, 0.15) is 10.7 Å². The number of carbonyl (C=O) groups excluding carboxylic acids is 1. The van der Waals surface area contributed by atoms with Crippen molar-refractivity contribution < 1.29 is 4.79 Å². The minimum atomic E-state index is 0.0604. The summed E-state index contributed by atoms with van der Waals surface area (Å²) in [6.45, 7) is 3.44. The first-order valence-electron chi connectivity index (χ1n) is 11.0. The van der Waals surface area contributed by atoms with Crippen molar-refractivity contribution >= 4 is 35.0 Å². The Hall–Kier alpha value is -3.08. The molecule has 6 rings (SSSR count). The van der Waals surface area contributed by atoms with E-state index in [2.05, 4.69) is 41.1 Å². The molecule has 2 N–H and O–H groups in total. The summed E-state index contributed by atoms with van der Waals surface area (Å²) in [6, 6.07) is 4.30. The number of rotatable bonds is 6. The molecular formula is C21H25N9OS. The van der Waals surface area contributed by atoms with Gasteiger partial charge in [-0.25, -0.2) is 4.98 Å². The third kappa shape index (κ3) is 3.40. The van der Waals surface area contributed by atoms with Crippen molar-refractivity contribution in [3.05, 3.63) is 34.6 Å². The summed E-state index contributed by atoms with van der Waals surface area (Å²) >= 11 is 1.18. The first-order valence-corrected chi connectivity index (χ1v) is 11.7. The predicted octanol–water partition coefficient (Wildman–Crippen LogP) is 2.72. The molecule has 10 nitrogen and oxygen atoms in total. The van der Waals surface area contributed by atoms with Crippen LogP contribution in [0, 0.1) is 12.3 Å². The quantitative estimate of drug-likeness (QED) is 0.588. The Morgan fingerprint density at radius 3 is 2.84 bits per heavy atom. The molecule has 2 saturated carbocycles. The van der Waals surface area contributed by atoms with Crippen LogP contribution in [0.15, 0.2) is 18.3 Å². The van der Waals surface area contributed by atoms with Gasteiger partial charge < -0.3 is 15.1 Å². The molecule has 0 unspecified atom stereocenters. The molecule has 1 saturated heterocycles.